The Kier molecular flexibility index (Phi) is 7.85. The number of benzene rings is 2. The lowest BCUT2D eigenvalue weighted by Gasteiger charge is -2.39. The number of carbonyl (C=O) groups is 3. The maximum atomic E-state index is 14.0. The molecule has 2 unspecified atom stereocenters. The van der Waals surface area contributed by atoms with Crippen LogP contribution < -0.4 is 15.3 Å². The number of rotatable bonds is 3. The van der Waals surface area contributed by atoms with Crippen molar-refractivity contribution in [3.05, 3.63) is 64.4 Å². The van der Waals surface area contributed by atoms with Crippen LogP contribution in [0.3, 0.4) is 0 Å². The van der Waals surface area contributed by atoms with E-state index in [0.29, 0.717) is 23.0 Å². The Morgan fingerprint density at radius 1 is 1.20 bits per heavy atom. The van der Waals surface area contributed by atoms with Gasteiger partial charge in [0.25, 0.3) is 5.91 Å². The molecule has 0 bridgehead atoms. The number of piperidine rings is 1. The third-order valence-electron chi connectivity index (χ3n) is 5.84. The summed E-state index contributed by atoms with van der Waals surface area (Å²) in [6, 6.07) is 13.5. The first-order chi connectivity index (χ1) is 16.4. The van der Waals surface area contributed by atoms with Gasteiger partial charge in [-0.1, -0.05) is 30.3 Å². The van der Waals surface area contributed by atoms with Crippen molar-refractivity contribution in [3.63, 3.8) is 0 Å². The number of alkyl halides is 3. The number of quaternary nitrogens is 1. The highest BCUT2D eigenvalue weighted by Crippen LogP contribution is 2.43. The van der Waals surface area contributed by atoms with Crippen molar-refractivity contribution in [2.75, 3.05) is 11.4 Å². The number of amides is 3. The third-order valence-corrected chi connectivity index (χ3v) is 6.51. The number of imide groups is 1. The van der Waals surface area contributed by atoms with E-state index in [2.05, 4.69) is 28.2 Å². The molecule has 2 atom stereocenters. The Bertz CT molecular complexity index is 1120. The highest BCUT2D eigenvalue weighted by Gasteiger charge is 2.60. The van der Waals surface area contributed by atoms with E-state index in [1.807, 2.05) is 30.3 Å². The predicted octanol–water partition coefficient (Wildman–Crippen LogP) is 2.34. The van der Waals surface area contributed by atoms with Crippen molar-refractivity contribution < 1.29 is 42.4 Å². The van der Waals surface area contributed by atoms with Gasteiger partial charge in [0.15, 0.2) is 0 Å². The molecule has 2 aliphatic rings. The Hall–Kier alpha value is -2.99. The molecule has 2 aromatic carbocycles. The van der Waals surface area contributed by atoms with Crippen molar-refractivity contribution >= 4 is 39.5 Å². The molecule has 2 N–H and O–H groups in total. The summed E-state index contributed by atoms with van der Waals surface area (Å²) < 4.78 is 46.2. The first-order valence-corrected chi connectivity index (χ1v) is 11.4. The number of nitrogens with two attached hydrogens (primary N) is 1. The maximum Gasteiger partial charge on any atom is 0.430 e. The summed E-state index contributed by atoms with van der Waals surface area (Å²) >= 11 is 3.44. The smallest absolute Gasteiger partial charge is 0.430 e. The number of aliphatic carboxylic acids is 1. The van der Waals surface area contributed by atoms with Crippen LogP contribution in [-0.4, -0.2) is 47.1 Å². The van der Waals surface area contributed by atoms with Crippen molar-refractivity contribution in [3.8, 4) is 0 Å². The summed E-state index contributed by atoms with van der Waals surface area (Å²) in [4.78, 5) is 38.6. The van der Waals surface area contributed by atoms with Gasteiger partial charge in [0.05, 0.1) is 24.8 Å². The van der Waals surface area contributed by atoms with Crippen LogP contribution in [0.2, 0.25) is 0 Å². The molecule has 2 heterocycles. The Labute approximate surface area is 206 Å². The molecule has 0 aromatic heterocycles. The molecule has 2 aromatic rings. The van der Waals surface area contributed by atoms with Crippen molar-refractivity contribution in [2.45, 2.75) is 44.1 Å². The zero-order chi connectivity index (χ0) is 26.0. The fourth-order valence-corrected chi connectivity index (χ4v) is 4.78. The number of hydrogen-bond acceptors (Lipinski definition) is 4. The minimum absolute atomic E-state index is 0.192. The van der Waals surface area contributed by atoms with Crippen molar-refractivity contribution in [2.24, 2.45) is 0 Å². The zero-order valence-electron chi connectivity index (χ0n) is 18.5. The molecule has 0 radical (unpaired) electrons. The van der Waals surface area contributed by atoms with Crippen LogP contribution in [0.5, 0.6) is 0 Å². The molecule has 188 valence electrons. The molecule has 2 saturated heterocycles. The maximum absolute atomic E-state index is 14.0. The summed E-state index contributed by atoms with van der Waals surface area (Å²) in [5.41, 5.74) is 0.314. The second-order valence-electron chi connectivity index (χ2n) is 8.36. The molecule has 2 fully saturated rings. The topological polar surface area (TPSA) is 97.4 Å². The number of anilines is 1. The van der Waals surface area contributed by atoms with Crippen LogP contribution >= 0.6 is 15.9 Å². The SMILES string of the molecule is CC1CC2(CC[NH2+]1)C(=O)N(Cc1ccccc1)C(=O)N2c1cc(F)ccc1Br.O=C([O-])C(F)(F)F. The average molecular weight is 560 g/mol. The van der Waals surface area contributed by atoms with E-state index in [1.54, 1.807) is 6.07 Å². The molecular formula is C23H22BrF4N3O4. The van der Waals surface area contributed by atoms with Crippen LogP contribution in [0.15, 0.2) is 53.0 Å². The van der Waals surface area contributed by atoms with Gasteiger partial charge in [0.2, 0.25) is 0 Å². The minimum atomic E-state index is -5.19. The van der Waals surface area contributed by atoms with E-state index in [-0.39, 0.29) is 18.5 Å². The number of halogens is 5. The summed E-state index contributed by atoms with van der Waals surface area (Å²) in [6.45, 7) is 3.00. The highest BCUT2D eigenvalue weighted by atomic mass is 79.9. The Morgan fingerprint density at radius 2 is 1.83 bits per heavy atom. The van der Waals surface area contributed by atoms with Gasteiger partial charge in [-0.25, -0.2) is 9.18 Å². The van der Waals surface area contributed by atoms with Gasteiger partial charge < -0.3 is 15.2 Å². The van der Waals surface area contributed by atoms with Gasteiger partial charge in [-0.15, -0.1) is 0 Å². The van der Waals surface area contributed by atoms with Crippen molar-refractivity contribution in [1.29, 1.82) is 0 Å². The largest absolute Gasteiger partial charge is 0.542 e. The molecule has 3 amide bonds. The summed E-state index contributed by atoms with van der Waals surface area (Å²) in [5, 5.41) is 11.0. The quantitative estimate of drug-likeness (QED) is 0.461. The zero-order valence-corrected chi connectivity index (χ0v) is 20.1. The Morgan fingerprint density at radius 3 is 2.40 bits per heavy atom. The molecule has 12 heteroatoms. The van der Waals surface area contributed by atoms with Crippen LogP contribution in [0.25, 0.3) is 0 Å². The van der Waals surface area contributed by atoms with E-state index in [4.69, 9.17) is 9.90 Å². The number of carboxylic acid groups (broad SMARTS) is 1. The molecule has 7 nitrogen and oxygen atoms in total. The van der Waals surface area contributed by atoms with Gasteiger partial charge in [0, 0.05) is 17.3 Å². The van der Waals surface area contributed by atoms with Gasteiger partial charge in [-0.05, 0) is 46.6 Å². The molecular weight excluding hydrogens is 538 g/mol. The Balaban J connectivity index is 0.000000429. The fourth-order valence-electron chi connectivity index (χ4n) is 4.36. The number of urea groups is 1. The average Bonchev–Trinajstić information content (AvgIpc) is 2.97. The predicted molar refractivity (Wildman–Crippen MR) is 118 cm³/mol. The lowest BCUT2D eigenvalue weighted by Crippen LogP contribution is -2.93. The fraction of sp³-hybridized carbons (Fsp3) is 0.348. The first-order valence-electron chi connectivity index (χ1n) is 10.6. The van der Waals surface area contributed by atoms with Gasteiger partial charge in [-0.2, -0.15) is 13.2 Å². The van der Waals surface area contributed by atoms with Gasteiger partial charge in [-0.3, -0.25) is 14.6 Å². The first kappa shape index (κ1) is 26.6. The van der Waals surface area contributed by atoms with Crippen LogP contribution in [0.4, 0.5) is 28.0 Å². The standard InChI is InChI=1S/C21H21BrFN3O2.C2HF3O2/c1-14-12-21(9-10-24-14)19(27)25(13-15-5-3-2-4-6-15)20(28)26(21)18-11-16(23)7-8-17(18)22;3-2(4,5)1(6)7/h2-8,11,14,24H,9-10,12-13H2,1H3;(H,6,7). The molecule has 0 aliphatic carbocycles. The number of carbonyl (C=O) groups excluding carboxylic acids is 3. The normalized spacial score (nSPS) is 22.3. The molecule has 35 heavy (non-hydrogen) atoms. The van der Waals surface area contributed by atoms with E-state index >= 15 is 0 Å². The third kappa shape index (κ3) is 5.64. The molecule has 4 rings (SSSR count). The van der Waals surface area contributed by atoms with Gasteiger partial charge >= 0.3 is 12.2 Å². The summed E-state index contributed by atoms with van der Waals surface area (Å²) in [7, 11) is 0. The van der Waals surface area contributed by atoms with Crippen LogP contribution in [0.1, 0.15) is 25.3 Å². The van der Waals surface area contributed by atoms with Crippen molar-refractivity contribution in [1.82, 2.24) is 4.90 Å². The lowest BCUT2D eigenvalue weighted by atomic mass is 9.83. The molecule has 1 spiro atoms. The highest BCUT2D eigenvalue weighted by molar-refractivity contribution is 9.10. The van der Waals surface area contributed by atoms with E-state index in [9.17, 15) is 27.2 Å². The summed E-state index contributed by atoms with van der Waals surface area (Å²) in [5.74, 6) is -3.64. The molecule has 0 saturated carbocycles. The van der Waals surface area contributed by atoms with Gasteiger partial charge in [0.1, 0.15) is 17.3 Å². The summed E-state index contributed by atoms with van der Waals surface area (Å²) in [6.07, 6.45) is -4.12. The van der Waals surface area contributed by atoms with E-state index in [0.717, 1.165) is 12.1 Å². The number of nitrogens with zero attached hydrogens (tertiary/aromatic N) is 2. The lowest BCUT2D eigenvalue weighted by molar-refractivity contribution is -0.695. The number of hydrogen-bond donors (Lipinski definition) is 1. The number of carboxylic acids is 1. The van der Waals surface area contributed by atoms with Crippen LogP contribution in [0, 0.1) is 5.82 Å². The second-order valence-corrected chi connectivity index (χ2v) is 9.22. The monoisotopic (exact) mass is 559 g/mol. The minimum Gasteiger partial charge on any atom is -0.542 e. The second kappa shape index (κ2) is 10.3. The van der Waals surface area contributed by atoms with E-state index < -0.39 is 29.5 Å². The molecule has 2 aliphatic heterocycles. The van der Waals surface area contributed by atoms with Crippen LogP contribution in [-0.2, 0) is 16.1 Å². The van der Waals surface area contributed by atoms with E-state index in [1.165, 1.54) is 21.9 Å².